The highest BCUT2D eigenvalue weighted by molar-refractivity contribution is 4.70. The van der Waals surface area contributed by atoms with Gasteiger partial charge in [-0.15, -0.1) is 0 Å². The van der Waals surface area contributed by atoms with Crippen LogP contribution < -0.4 is 0 Å². The molecule has 1 radical (unpaired) electrons. The van der Waals surface area contributed by atoms with Crippen LogP contribution in [0.4, 0.5) is 0 Å². The molecule has 1 saturated heterocycles. The minimum Gasteiger partial charge on any atom is -0.393 e. The Morgan fingerprint density at radius 2 is 2.00 bits per heavy atom. The molecule has 0 saturated carbocycles. The molecule has 0 amide bonds. The largest absolute Gasteiger partial charge is 0.393 e. The summed E-state index contributed by atoms with van der Waals surface area (Å²) in [5.41, 5.74) is 0. The van der Waals surface area contributed by atoms with E-state index in [0.717, 1.165) is 32.5 Å². The molecular weight excluding hydrogens is 114 g/mol. The lowest BCUT2D eigenvalue weighted by atomic mass is 10.1. The second kappa shape index (κ2) is 3.18. The van der Waals surface area contributed by atoms with Crippen LogP contribution in [-0.4, -0.2) is 35.7 Å². The molecule has 1 fully saturated rings. The summed E-state index contributed by atoms with van der Waals surface area (Å²) in [4.78, 5) is 2.26. The molecule has 1 rings (SSSR count). The van der Waals surface area contributed by atoms with Crippen LogP contribution in [0.3, 0.4) is 0 Å². The first-order chi connectivity index (χ1) is 4.33. The standard InChI is InChI=1S/C7H14NO/c1-2-8-5-3-7(9)4-6-8/h7,9H,1-6H2. The normalized spacial score (nSPS) is 24.7. The summed E-state index contributed by atoms with van der Waals surface area (Å²) >= 11 is 0. The molecule has 0 atom stereocenters. The van der Waals surface area contributed by atoms with E-state index in [1.54, 1.807) is 0 Å². The van der Waals surface area contributed by atoms with Crippen LogP contribution in [-0.2, 0) is 0 Å². The molecule has 9 heavy (non-hydrogen) atoms. The van der Waals surface area contributed by atoms with Gasteiger partial charge in [0.15, 0.2) is 0 Å². The molecule has 0 bridgehead atoms. The third kappa shape index (κ3) is 1.95. The molecule has 2 nitrogen and oxygen atoms in total. The minimum atomic E-state index is -0.0483. The van der Waals surface area contributed by atoms with E-state index in [1.165, 1.54) is 0 Å². The first-order valence-corrected chi connectivity index (χ1v) is 3.52. The quantitative estimate of drug-likeness (QED) is 0.548. The fourth-order valence-electron chi connectivity index (χ4n) is 1.14. The van der Waals surface area contributed by atoms with Crippen molar-refractivity contribution >= 4 is 0 Å². The number of hydrogen-bond donors (Lipinski definition) is 1. The van der Waals surface area contributed by atoms with Gasteiger partial charge >= 0.3 is 0 Å². The van der Waals surface area contributed by atoms with Gasteiger partial charge in [0.25, 0.3) is 0 Å². The van der Waals surface area contributed by atoms with Gasteiger partial charge in [0.1, 0.15) is 0 Å². The Kier molecular flexibility index (Phi) is 2.49. The first-order valence-electron chi connectivity index (χ1n) is 3.52. The van der Waals surface area contributed by atoms with Gasteiger partial charge in [-0.05, 0) is 26.3 Å². The molecule has 1 aliphatic rings. The Bertz CT molecular complexity index is 77.0. The Morgan fingerprint density at radius 3 is 2.44 bits per heavy atom. The van der Waals surface area contributed by atoms with Gasteiger partial charge in [0, 0.05) is 13.1 Å². The van der Waals surface area contributed by atoms with Crippen LogP contribution in [0, 0.1) is 6.92 Å². The molecule has 0 aromatic carbocycles. The number of piperidine rings is 1. The van der Waals surface area contributed by atoms with Crippen molar-refractivity contribution in [3.63, 3.8) is 0 Å². The maximum Gasteiger partial charge on any atom is 0.0564 e. The molecule has 0 spiro atoms. The zero-order valence-electron chi connectivity index (χ0n) is 5.71. The summed E-state index contributed by atoms with van der Waals surface area (Å²) in [7, 11) is 0. The average Bonchev–Trinajstić information content (AvgIpc) is 1.90. The predicted molar refractivity (Wildman–Crippen MR) is 37.0 cm³/mol. The second-order valence-electron chi connectivity index (χ2n) is 2.57. The predicted octanol–water partition coefficient (Wildman–Crippen LogP) is 0.277. The highest BCUT2D eigenvalue weighted by Gasteiger charge is 2.14. The van der Waals surface area contributed by atoms with E-state index in [1.807, 2.05) is 0 Å². The number of nitrogens with zero attached hydrogens (tertiary/aromatic N) is 1. The Hall–Kier alpha value is -0.0800. The molecule has 0 aromatic heterocycles. The fraction of sp³-hybridized carbons (Fsp3) is 0.857. The molecule has 53 valence electrons. The summed E-state index contributed by atoms with van der Waals surface area (Å²) in [5.74, 6) is 0. The topological polar surface area (TPSA) is 23.5 Å². The Morgan fingerprint density at radius 1 is 1.44 bits per heavy atom. The zero-order chi connectivity index (χ0) is 6.69. The number of aliphatic hydroxyl groups excluding tert-OH is 1. The summed E-state index contributed by atoms with van der Waals surface area (Å²) in [5, 5.41) is 9.08. The lowest BCUT2D eigenvalue weighted by molar-refractivity contribution is 0.0878. The first kappa shape index (κ1) is 7.03. The van der Waals surface area contributed by atoms with Gasteiger partial charge in [-0.3, -0.25) is 0 Å². The highest BCUT2D eigenvalue weighted by atomic mass is 16.3. The smallest absolute Gasteiger partial charge is 0.0564 e. The average molecular weight is 128 g/mol. The molecule has 0 unspecified atom stereocenters. The van der Waals surface area contributed by atoms with Crippen molar-refractivity contribution in [1.29, 1.82) is 0 Å². The SMILES string of the molecule is [CH2]CN1CCC(O)CC1. The van der Waals surface area contributed by atoms with Crippen molar-refractivity contribution in [3.8, 4) is 0 Å². The van der Waals surface area contributed by atoms with Gasteiger partial charge in [0.05, 0.1) is 6.10 Å². The van der Waals surface area contributed by atoms with Crippen LogP contribution in [0.25, 0.3) is 0 Å². The van der Waals surface area contributed by atoms with Crippen molar-refractivity contribution in [2.24, 2.45) is 0 Å². The molecule has 0 aliphatic carbocycles. The van der Waals surface area contributed by atoms with Gasteiger partial charge in [0.2, 0.25) is 0 Å². The molecule has 1 aliphatic heterocycles. The summed E-state index contributed by atoms with van der Waals surface area (Å²) in [6.45, 7) is 6.70. The van der Waals surface area contributed by atoms with Crippen LogP contribution in [0.15, 0.2) is 0 Å². The lowest BCUT2D eigenvalue weighted by Crippen LogP contribution is -2.35. The maximum atomic E-state index is 9.08. The lowest BCUT2D eigenvalue weighted by Gasteiger charge is -2.27. The summed E-state index contributed by atoms with van der Waals surface area (Å²) < 4.78 is 0. The van der Waals surface area contributed by atoms with Gasteiger partial charge in [-0.1, -0.05) is 0 Å². The van der Waals surface area contributed by atoms with E-state index in [9.17, 15) is 0 Å². The number of aliphatic hydroxyl groups is 1. The van der Waals surface area contributed by atoms with E-state index in [-0.39, 0.29) is 6.10 Å². The fourth-order valence-corrected chi connectivity index (χ4v) is 1.14. The number of rotatable bonds is 1. The highest BCUT2D eigenvalue weighted by Crippen LogP contribution is 2.08. The van der Waals surface area contributed by atoms with E-state index in [0.29, 0.717) is 0 Å². The number of hydrogen-bond acceptors (Lipinski definition) is 2. The maximum absolute atomic E-state index is 9.08. The zero-order valence-corrected chi connectivity index (χ0v) is 5.71. The van der Waals surface area contributed by atoms with E-state index >= 15 is 0 Å². The molecule has 0 aromatic rings. The van der Waals surface area contributed by atoms with Gasteiger partial charge < -0.3 is 10.0 Å². The van der Waals surface area contributed by atoms with Crippen LogP contribution in [0.1, 0.15) is 12.8 Å². The van der Waals surface area contributed by atoms with Crippen LogP contribution in [0.5, 0.6) is 0 Å². The Balaban J connectivity index is 2.18. The van der Waals surface area contributed by atoms with E-state index in [2.05, 4.69) is 11.8 Å². The van der Waals surface area contributed by atoms with E-state index < -0.39 is 0 Å². The van der Waals surface area contributed by atoms with E-state index in [4.69, 9.17) is 5.11 Å². The van der Waals surface area contributed by atoms with Crippen molar-refractivity contribution in [3.05, 3.63) is 6.92 Å². The van der Waals surface area contributed by atoms with Crippen molar-refractivity contribution in [2.45, 2.75) is 18.9 Å². The Labute approximate surface area is 56.5 Å². The van der Waals surface area contributed by atoms with Crippen LogP contribution in [0.2, 0.25) is 0 Å². The van der Waals surface area contributed by atoms with Crippen LogP contribution >= 0.6 is 0 Å². The third-order valence-corrected chi connectivity index (χ3v) is 1.87. The van der Waals surface area contributed by atoms with Crippen molar-refractivity contribution in [1.82, 2.24) is 4.90 Å². The monoisotopic (exact) mass is 128 g/mol. The minimum absolute atomic E-state index is 0.0483. The van der Waals surface area contributed by atoms with Crippen molar-refractivity contribution < 1.29 is 5.11 Å². The molecular formula is C7H14NO. The van der Waals surface area contributed by atoms with Crippen molar-refractivity contribution in [2.75, 3.05) is 19.6 Å². The molecule has 2 heteroatoms. The molecule has 1 heterocycles. The number of likely N-dealkylation sites (tertiary alicyclic amines) is 1. The second-order valence-corrected chi connectivity index (χ2v) is 2.57. The molecule has 1 N–H and O–H groups in total. The van der Waals surface area contributed by atoms with Gasteiger partial charge in [-0.25, -0.2) is 0 Å². The summed E-state index contributed by atoms with van der Waals surface area (Å²) in [6, 6.07) is 0. The van der Waals surface area contributed by atoms with Gasteiger partial charge in [-0.2, -0.15) is 0 Å². The third-order valence-electron chi connectivity index (χ3n) is 1.87. The summed E-state index contributed by atoms with van der Waals surface area (Å²) in [6.07, 6.45) is 1.80.